The number of halogens is 1. The standard InChI is InChI=1S/C18H21ClN2/c19-10-15-9-18(16-3-1-2-4-17(16)20-15)21(11-13-5-6-13)12-14-7-8-14/h1-4,9,13-14H,5-8,10-12H2. The first-order chi connectivity index (χ1) is 10.3. The van der Waals surface area contributed by atoms with Gasteiger partial charge < -0.3 is 4.90 Å². The van der Waals surface area contributed by atoms with E-state index in [1.165, 1.54) is 49.8 Å². The molecule has 0 N–H and O–H groups in total. The van der Waals surface area contributed by atoms with Crippen molar-refractivity contribution in [3.8, 4) is 0 Å². The van der Waals surface area contributed by atoms with Crippen LogP contribution in [0, 0.1) is 11.8 Å². The molecule has 0 atom stereocenters. The van der Waals surface area contributed by atoms with Crippen molar-refractivity contribution >= 4 is 28.2 Å². The van der Waals surface area contributed by atoms with Gasteiger partial charge in [-0.05, 0) is 49.7 Å². The minimum atomic E-state index is 0.485. The van der Waals surface area contributed by atoms with Gasteiger partial charge in [-0.2, -0.15) is 0 Å². The number of rotatable bonds is 6. The Hall–Kier alpha value is -1.28. The van der Waals surface area contributed by atoms with Crippen LogP contribution in [-0.2, 0) is 5.88 Å². The Bertz CT molecular complexity index is 633. The van der Waals surface area contributed by atoms with Crippen LogP contribution in [0.2, 0.25) is 0 Å². The van der Waals surface area contributed by atoms with E-state index in [2.05, 4.69) is 40.2 Å². The maximum Gasteiger partial charge on any atom is 0.0726 e. The summed E-state index contributed by atoms with van der Waals surface area (Å²) in [5.41, 5.74) is 3.40. The molecule has 0 saturated heterocycles. The normalized spacial score (nSPS) is 18.1. The summed E-state index contributed by atoms with van der Waals surface area (Å²) in [4.78, 5) is 7.27. The van der Waals surface area contributed by atoms with E-state index in [1.54, 1.807) is 0 Å². The van der Waals surface area contributed by atoms with Gasteiger partial charge >= 0.3 is 0 Å². The van der Waals surface area contributed by atoms with Gasteiger partial charge in [-0.15, -0.1) is 11.6 Å². The van der Waals surface area contributed by atoms with Gasteiger partial charge in [0.2, 0.25) is 0 Å². The molecule has 110 valence electrons. The quantitative estimate of drug-likeness (QED) is 0.725. The fourth-order valence-corrected chi connectivity index (χ4v) is 3.17. The maximum absolute atomic E-state index is 6.06. The van der Waals surface area contributed by atoms with E-state index in [4.69, 9.17) is 11.6 Å². The average Bonchev–Trinajstić information content (AvgIpc) is 3.41. The van der Waals surface area contributed by atoms with Gasteiger partial charge in [0.1, 0.15) is 0 Å². The van der Waals surface area contributed by atoms with Crippen LogP contribution >= 0.6 is 11.6 Å². The summed E-state index contributed by atoms with van der Waals surface area (Å²) in [5.74, 6) is 2.28. The van der Waals surface area contributed by atoms with E-state index in [1.807, 2.05) is 0 Å². The van der Waals surface area contributed by atoms with Crippen molar-refractivity contribution in [2.24, 2.45) is 11.8 Å². The molecule has 0 amide bonds. The lowest BCUT2D eigenvalue weighted by molar-refractivity contribution is 0.681. The Morgan fingerprint density at radius 2 is 1.71 bits per heavy atom. The van der Waals surface area contributed by atoms with Crippen LogP contribution in [0.4, 0.5) is 5.69 Å². The van der Waals surface area contributed by atoms with Crippen molar-refractivity contribution in [1.29, 1.82) is 0 Å². The zero-order valence-corrected chi connectivity index (χ0v) is 13.0. The van der Waals surface area contributed by atoms with E-state index in [-0.39, 0.29) is 0 Å². The molecular formula is C18H21ClN2. The van der Waals surface area contributed by atoms with E-state index in [0.29, 0.717) is 5.88 Å². The average molecular weight is 301 g/mol. The largest absolute Gasteiger partial charge is 0.370 e. The van der Waals surface area contributed by atoms with Crippen LogP contribution in [0.1, 0.15) is 31.4 Å². The van der Waals surface area contributed by atoms with Crippen molar-refractivity contribution in [2.45, 2.75) is 31.6 Å². The van der Waals surface area contributed by atoms with E-state index >= 15 is 0 Å². The number of hydrogen-bond acceptors (Lipinski definition) is 2. The van der Waals surface area contributed by atoms with Gasteiger partial charge in [0.15, 0.2) is 0 Å². The molecule has 0 unspecified atom stereocenters. The fraction of sp³-hybridized carbons (Fsp3) is 0.500. The molecule has 1 heterocycles. The summed E-state index contributed by atoms with van der Waals surface area (Å²) < 4.78 is 0. The third-order valence-corrected chi connectivity index (χ3v) is 4.85. The minimum Gasteiger partial charge on any atom is -0.370 e. The second-order valence-electron chi connectivity index (χ2n) is 6.58. The topological polar surface area (TPSA) is 16.1 Å². The van der Waals surface area contributed by atoms with Crippen LogP contribution < -0.4 is 4.90 Å². The molecule has 2 aliphatic carbocycles. The molecular weight excluding hydrogens is 280 g/mol. The van der Waals surface area contributed by atoms with Crippen molar-refractivity contribution < 1.29 is 0 Å². The molecule has 3 heteroatoms. The Balaban J connectivity index is 1.76. The lowest BCUT2D eigenvalue weighted by Crippen LogP contribution is -2.28. The van der Waals surface area contributed by atoms with Gasteiger partial charge in [-0.3, -0.25) is 4.98 Å². The fourth-order valence-electron chi connectivity index (χ4n) is 3.04. The molecule has 0 bridgehead atoms. The molecule has 21 heavy (non-hydrogen) atoms. The Labute approximate surface area is 131 Å². The molecule has 2 fully saturated rings. The number of benzene rings is 1. The summed E-state index contributed by atoms with van der Waals surface area (Å²) in [6.45, 7) is 2.40. The number of aromatic nitrogens is 1. The van der Waals surface area contributed by atoms with E-state index < -0.39 is 0 Å². The maximum atomic E-state index is 6.06. The SMILES string of the molecule is ClCc1cc(N(CC2CC2)CC2CC2)c2ccccc2n1. The summed E-state index contributed by atoms with van der Waals surface area (Å²) in [6.07, 6.45) is 5.58. The van der Waals surface area contributed by atoms with Crippen LogP contribution in [0.3, 0.4) is 0 Å². The van der Waals surface area contributed by atoms with E-state index in [9.17, 15) is 0 Å². The summed E-state index contributed by atoms with van der Waals surface area (Å²) in [6, 6.07) is 10.7. The smallest absolute Gasteiger partial charge is 0.0726 e. The molecule has 1 aromatic carbocycles. The number of alkyl halides is 1. The predicted molar refractivity (Wildman–Crippen MR) is 89.0 cm³/mol. The molecule has 2 aliphatic rings. The summed E-state index contributed by atoms with van der Waals surface area (Å²) >= 11 is 6.06. The van der Waals surface area contributed by atoms with Crippen molar-refractivity contribution in [3.05, 3.63) is 36.0 Å². The number of nitrogens with zero attached hydrogens (tertiary/aromatic N) is 2. The number of anilines is 1. The lowest BCUT2D eigenvalue weighted by atomic mass is 10.1. The van der Waals surface area contributed by atoms with Crippen LogP contribution in [-0.4, -0.2) is 18.1 Å². The first-order valence-electron chi connectivity index (χ1n) is 8.03. The highest BCUT2D eigenvalue weighted by Gasteiger charge is 2.30. The molecule has 0 radical (unpaired) electrons. The van der Waals surface area contributed by atoms with Crippen molar-refractivity contribution in [3.63, 3.8) is 0 Å². The highest BCUT2D eigenvalue weighted by atomic mass is 35.5. The zero-order chi connectivity index (χ0) is 14.2. The second kappa shape index (κ2) is 5.49. The van der Waals surface area contributed by atoms with Gasteiger partial charge in [-0.1, -0.05) is 18.2 Å². The van der Waals surface area contributed by atoms with Crippen LogP contribution in [0.5, 0.6) is 0 Å². The summed E-state index contributed by atoms with van der Waals surface area (Å²) in [7, 11) is 0. The van der Waals surface area contributed by atoms with Crippen molar-refractivity contribution in [1.82, 2.24) is 4.98 Å². The highest BCUT2D eigenvalue weighted by Crippen LogP contribution is 2.38. The van der Waals surface area contributed by atoms with Crippen molar-refractivity contribution in [2.75, 3.05) is 18.0 Å². The third kappa shape index (κ3) is 3.01. The molecule has 1 aromatic heterocycles. The predicted octanol–water partition coefficient (Wildman–Crippen LogP) is 4.60. The third-order valence-electron chi connectivity index (χ3n) is 4.58. The van der Waals surface area contributed by atoms with Gasteiger partial charge in [0, 0.05) is 24.2 Å². The van der Waals surface area contributed by atoms with Crippen LogP contribution in [0.15, 0.2) is 30.3 Å². The Kier molecular flexibility index (Phi) is 3.50. The molecule has 2 saturated carbocycles. The zero-order valence-electron chi connectivity index (χ0n) is 12.3. The van der Waals surface area contributed by atoms with Gasteiger partial charge in [0.25, 0.3) is 0 Å². The summed E-state index contributed by atoms with van der Waals surface area (Å²) in [5, 5.41) is 1.27. The molecule has 0 spiro atoms. The molecule has 4 rings (SSSR count). The van der Waals surface area contributed by atoms with E-state index in [0.717, 1.165) is 23.0 Å². The first kappa shape index (κ1) is 13.4. The van der Waals surface area contributed by atoms with Gasteiger partial charge in [0.05, 0.1) is 17.1 Å². The minimum absolute atomic E-state index is 0.485. The Morgan fingerprint density at radius 3 is 2.33 bits per heavy atom. The van der Waals surface area contributed by atoms with Crippen LogP contribution in [0.25, 0.3) is 10.9 Å². The molecule has 2 aromatic rings. The molecule has 2 nitrogen and oxygen atoms in total. The van der Waals surface area contributed by atoms with Gasteiger partial charge in [-0.25, -0.2) is 0 Å². The lowest BCUT2D eigenvalue weighted by Gasteiger charge is -2.26. The monoisotopic (exact) mass is 300 g/mol. The number of pyridine rings is 1. The number of fused-ring (bicyclic) bond motifs is 1. The number of hydrogen-bond donors (Lipinski definition) is 0. The highest BCUT2D eigenvalue weighted by molar-refractivity contribution is 6.17. The first-order valence-corrected chi connectivity index (χ1v) is 8.56. The molecule has 0 aliphatic heterocycles. The number of para-hydroxylation sites is 1. The second-order valence-corrected chi connectivity index (χ2v) is 6.84. The Morgan fingerprint density at radius 1 is 1.05 bits per heavy atom.